The second-order valence-electron chi connectivity index (χ2n) is 3.11. The largest absolute Gasteiger partial charge is 0.309 e. The molecule has 0 bridgehead atoms. The molecule has 1 aromatic rings. The Bertz CT molecular complexity index is 334. The highest BCUT2D eigenvalue weighted by atomic mass is 79.9. The molecule has 1 aliphatic rings. The molecule has 1 saturated heterocycles. The van der Waals surface area contributed by atoms with Crippen LogP contribution in [0.25, 0.3) is 6.08 Å². The number of halogens is 2. The fourth-order valence-electron chi connectivity index (χ4n) is 1.27. The standard InChI is InChI=1S/C10H9BrFN/c11-9-2-7(3-10(12)4-9)1-8-5-13-6-8/h1-4,13H,5-6H2. The van der Waals surface area contributed by atoms with Gasteiger partial charge in [-0.25, -0.2) is 4.39 Å². The lowest BCUT2D eigenvalue weighted by Crippen LogP contribution is -2.33. The van der Waals surface area contributed by atoms with Crippen LogP contribution in [0.5, 0.6) is 0 Å². The van der Waals surface area contributed by atoms with E-state index in [1.165, 1.54) is 17.7 Å². The third kappa shape index (κ3) is 2.17. The first-order valence-corrected chi connectivity index (χ1v) is 4.89. The Hall–Kier alpha value is -0.670. The summed E-state index contributed by atoms with van der Waals surface area (Å²) >= 11 is 3.26. The van der Waals surface area contributed by atoms with Crippen LogP contribution in [0, 0.1) is 5.82 Å². The average Bonchev–Trinajstić information content (AvgIpc) is 1.95. The highest BCUT2D eigenvalue weighted by Crippen LogP contribution is 2.17. The van der Waals surface area contributed by atoms with Crippen molar-refractivity contribution in [1.29, 1.82) is 0 Å². The average molecular weight is 242 g/mol. The Kier molecular flexibility index (Phi) is 2.47. The third-order valence-corrected chi connectivity index (χ3v) is 2.42. The molecule has 3 heteroatoms. The lowest BCUT2D eigenvalue weighted by molar-refractivity contribution is 0.626. The van der Waals surface area contributed by atoms with Gasteiger partial charge in [-0.1, -0.05) is 22.0 Å². The molecule has 2 rings (SSSR count). The molecule has 0 radical (unpaired) electrons. The van der Waals surface area contributed by atoms with Crippen LogP contribution in [-0.4, -0.2) is 13.1 Å². The Labute approximate surface area is 84.8 Å². The van der Waals surface area contributed by atoms with Crippen LogP contribution in [0.4, 0.5) is 4.39 Å². The van der Waals surface area contributed by atoms with E-state index in [0.29, 0.717) is 0 Å². The van der Waals surface area contributed by atoms with Gasteiger partial charge in [0.2, 0.25) is 0 Å². The lowest BCUT2D eigenvalue weighted by atomic mass is 10.1. The number of nitrogens with one attached hydrogen (secondary N) is 1. The zero-order chi connectivity index (χ0) is 9.26. The van der Waals surface area contributed by atoms with Crippen molar-refractivity contribution >= 4 is 22.0 Å². The van der Waals surface area contributed by atoms with Crippen LogP contribution in [0.1, 0.15) is 5.56 Å². The van der Waals surface area contributed by atoms with Crippen LogP contribution >= 0.6 is 15.9 Å². The van der Waals surface area contributed by atoms with Gasteiger partial charge in [0.15, 0.2) is 0 Å². The van der Waals surface area contributed by atoms with Gasteiger partial charge in [-0.3, -0.25) is 0 Å². The van der Waals surface area contributed by atoms with Gasteiger partial charge in [-0.15, -0.1) is 0 Å². The highest BCUT2D eigenvalue weighted by Gasteiger charge is 2.06. The van der Waals surface area contributed by atoms with Gasteiger partial charge in [0.25, 0.3) is 0 Å². The van der Waals surface area contributed by atoms with Crippen LogP contribution in [0.3, 0.4) is 0 Å². The van der Waals surface area contributed by atoms with E-state index in [2.05, 4.69) is 21.2 Å². The SMILES string of the molecule is Fc1cc(Br)cc(C=C2CNC2)c1. The monoisotopic (exact) mass is 241 g/mol. The molecule has 1 nitrogen and oxygen atoms in total. The number of hydrogen-bond donors (Lipinski definition) is 1. The van der Waals surface area contributed by atoms with E-state index < -0.39 is 0 Å². The normalized spacial score (nSPS) is 15.4. The predicted octanol–water partition coefficient (Wildman–Crippen LogP) is 2.57. The van der Waals surface area contributed by atoms with E-state index in [1.54, 1.807) is 0 Å². The van der Waals surface area contributed by atoms with E-state index in [9.17, 15) is 4.39 Å². The smallest absolute Gasteiger partial charge is 0.124 e. The van der Waals surface area contributed by atoms with E-state index in [1.807, 2.05) is 12.1 Å². The van der Waals surface area contributed by atoms with E-state index in [0.717, 1.165) is 23.1 Å². The molecule has 1 fully saturated rings. The maximum Gasteiger partial charge on any atom is 0.124 e. The topological polar surface area (TPSA) is 12.0 Å². The van der Waals surface area contributed by atoms with Gasteiger partial charge in [-0.2, -0.15) is 0 Å². The summed E-state index contributed by atoms with van der Waals surface area (Å²) in [6.45, 7) is 1.85. The van der Waals surface area contributed by atoms with Crippen LogP contribution < -0.4 is 5.32 Å². The summed E-state index contributed by atoms with van der Waals surface area (Å²) < 4.78 is 13.7. The van der Waals surface area contributed by atoms with Crippen molar-refractivity contribution < 1.29 is 4.39 Å². The molecule has 1 aliphatic heterocycles. The summed E-state index contributed by atoms with van der Waals surface area (Å²) in [4.78, 5) is 0. The maximum absolute atomic E-state index is 12.9. The quantitative estimate of drug-likeness (QED) is 0.798. The Balaban J connectivity index is 2.29. The van der Waals surface area contributed by atoms with Gasteiger partial charge in [0.1, 0.15) is 5.82 Å². The Morgan fingerprint density at radius 1 is 1.31 bits per heavy atom. The first-order valence-electron chi connectivity index (χ1n) is 4.10. The van der Waals surface area contributed by atoms with E-state index in [4.69, 9.17) is 0 Å². The Morgan fingerprint density at radius 2 is 2.08 bits per heavy atom. The summed E-state index contributed by atoms with van der Waals surface area (Å²) in [6.07, 6.45) is 2.02. The minimum atomic E-state index is -0.200. The molecular formula is C10H9BrFN. The molecule has 68 valence electrons. The van der Waals surface area contributed by atoms with Crippen LogP contribution in [0.15, 0.2) is 28.2 Å². The molecular weight excluding hydrogens is 233 g/mol. The number of hydrogen-bond acceptors (Lipinski definition) is 1. The summed E-state index contributed by atoms with van der Waals surface area (Å²) in [7, 11) is 0. The molecule has 0 aromatic heterocycles. The van der Waals surface area contributed by atoms with Gasteiger partial charge < -0.3 is 5.32 Å². The van der Waals surface area contributed by atoms with Gasteiger partial charge in [-0.05, 0) is 29.3 Å². The minimum absolute atomic E-state index is 0.200. The van der Waals surface area contributed by atoms with Crippen LogP contribution in [0.2, 0.25) is 0 Å². The van der Waals surface area contributed by atoms with Crippen molar-refractivity contribution in [2.45, 2.75) is 0 Å². The van der Waals surface area contributed by atoms with E-state index >= 15 is 0 Å². The zero-order valence-electron chi connectivity index (χ0n) is 6.98. The summed E-state index contributed by atoms with van der Waals surface area (Å²) in [5.74, 6) is -0.200. The molecule has 0 amide bonds. The van der Waals surface area contributed by atoms with Crippen molar-refractivity contribution in [3.05, 3.63) is 39.6 Å². The van der Waals surface area contributed by atoms with Crippen LogP contribution in [-0.2, 0) is 0 Å². The molecule has 0 atom stereocenters. The molecule has 0 saturated carbocycles. The molecule has 1 aromatic carbocycles. The van der Waals surface area contributed by atoms with E-state index in [-0.39, 0.29) is 5.82 Å². The minimum Gasteiger partial charge on any atom is -0.309 e. The van der Waals surface area contributed by atoms with Crippen molar-refractivity contribution in [1.82, 2.24) is 5.32 Å². The van der Waals surface area contributed by atoms with Crippen molar-refractivity contribution in [2.24, 2.45) is 0 Å². The molecule has 0 spiro atoms. The highest BCUT2D eigenvalue weighted by molar-refractivity contribution is 9.10. The van der Waals surface area contributed by atoms with Gasteiger partial charge in [0.05, 0.1) is 0 Å². The zero-order valence-corrected chi connectivity index (χ0v) is 8.57. The molecule has 0 unspecified atom stereocenters. The van der Waals surface area contributed by atoms with Crippen molar-refractivity contribution in [3.63, 3.8) is 0 Å². The first-order chi connectivity index (χ1) is 6.24. The number of benzene rings is 1. The molecule has 1 heterocycles. The molecule has 1 N–H and O–H groups in total. The predicted molar refractivity (Wildman–Crippen MR) is 54.9 cm³/mol. The molecule has 13 heavy (non-hydrogen) atoms. The fourth-order valence-corrected chi connectivity index (χ4v) is 1.75. The summed E-state index contributed by atoms with van der Waals surface area (Å²) in [6, 6.07) is 4.91. The van der Waals surface area contributed by atoms with Gasteiger partial charge >= 0.3 is 0 Å². The maximum atomic E-state index is 12.9. The van der Waals surface area contributed by atoms with Crippen molar-refractivity contribution in [2.75, 3.05) is 13.1 Å². The first kappa shape index (κ1) is 8.91. The Morgan fingerprint density at radius 3 is 2.62 bits per heavy atom. The van der Waals surface area contributed by atoms with Gasteiger partial charge in [0, 0.05) is 17.6 Å². The van der Waals surface area contributed by atoms with Crippen molar-refractivity contribution in [3.8, 4) is 0 Å². The third-order valence-electron chi connectivity index (χ3n) is 1.96. The fraction of sp³-hybridized carbons (Fsp3) is 0.200. The molecule has 0 aliphatic carbocycles. The second-order valence-corrected chi connectivity index (χ2v) is 4.02. The summed E-state index contributed by atoms with van der Waals surface area (Å²) in [5.41, 5.74) is 2.24. The second kappa shape index (κ2) is 3.60. The number of rotatable bonds is 1. The summed E-state index contributed by atoms with van der Waals surface area (Å²) in [5, 5.41) is 3.14. The lowest BCUT2D eigenvalue weighted by Gasteiger charge is -2.18.